The zero-order chi connectivity index (χ0) is 12.3. The molecule has 17 heavy (non-hydrogen) atoms. The average molecular weight is 268 g/mol. The molecule has 0 saturated heterocycles. The third-order valence-corrected chi connectivity index (χ3v) is 3.49. The van der Waals surface area contributed by atoms with Gasteiger partial charge >= 0.3 is 0 Å². The van der Waals surface area contributed by atoms with Crippen molar-refractivity contribution in [2.75, 3.05) is 12.4 Å². The number of amides is 1. The third-order valence-electron chi connectivity index (χ3n) is 2.15. The van der Waals surface area contributed by atoms with Crippen LogP contribution in [0.2, 0.25) is 5.02 Å². The number of carbonyl (C=O) groups excluding carboxylic acids is 1. The van der Waals surface area contributed by atoms with E-state index in [-0.39, 0.29) is 5.91 Å². The van der Waals surface area contributed by atoms with Crippen molar-refractivity contribution in [3.05, 3.63) is 45.6 Å². The Morgan fingerprint density at radius 1 is 1.41 bits per heavy atom. The number of rotatable bonds is 3. The predicted molar refractivity (Wildman–Crippen MR) is 70.3 cm³/mol. The largest absolute Gasteiger partial charge is 0.497 e. The number of carbonyl (C=O) groups is 1. The Kier molecular flexibility index (Phi) is 3.66. The number of ether oxygens (including phenoxy) is 1. The van der Waals surface area contributed by atoms with Crippen molar-refractivity contribution in [1.82, 2.24) is 0 Å². The molecule has 88 valence electrons. The first-order valence-electron chi connectivity index (χ1n) is 4.89. The molecular formula is C12H10ClNO2S. The Morgan fingerprint density at radius 2 is 2.24 bits per heavy atom. The van der Waals surface area contributed by atoms with E-state index >= 15 is 0 Å². The molecule has 0 saturated carbocycles. The molecule has 1 amide bonds. The maximum Gasteiger partial charge on any atom is 0.267 e. The summed E-state index contributed by atoms with van der Waals surface area (Å²) < 4.78 is 5.08. The maximum atomic E-state index is 11.9. The number of hydrogen-bond acceptors (Lipinski definition) is 3. The summed E-state index contributed by atoms with van der Waals surface area (Å²) in [5, 5.41) is 5.02. The lowest BCUT2D eigenvalue weighted by Gasteiger charge is -2.06. The van der Waals surface area contributed by atoms with Gasteiger partial charge in [0.2, 0.25) is 0 Å². The lowest BCUT2D eigenvalue weighted by atomic mass is 10.3. The molecule has 2 rings (SSSR count). The maximum absolute atomic E-state index is 11.9. The van der Waals surface area contributed by atoms with Crippen LogP contribution in [-0.4, -0.2) is 13.0 Å². The molecule has 5 heteroatoms. The molecule has 0 radical (unpaired) electrons. The van der Waals surface area contributed by atoms with Crippen molar-refractivity contribution in [3.63, 3.8) is 0 Å². The van der Waals surface area contributed by atoms with E-state index in [2.05, 4.69) is 5.32 Å². The quantitative estimate of drug-likeness (QED) is 0.922. The van der Waals surface area contributed by atoms with E-state index in [4.69, 9.17) is 16.3 Å². The number of thiophene rings is 1. The van der Waals surface area contributed by atoms with Gasteiger partial charge in [-0.05, 0) is 23.6 Å². The number of hydrogen-bond donors (Lipinski definition) is 1. The Labute approximate surface area is 108 Å². The third kappa shape index (κ3) is 2.78. The first-order valence-corrected chi connectivity index (χ1v) is 6.15. The molecule has 0 atom stereocenters. The first-order chi connectivity index (χ1) is 8.20. The lowest BCUT2D eigenvalue weighted by Crippen LogP contribution is -2.10. The minimum absolute atomic E-state index is 0.210. The van der Waals surface area contributed by atoms with Gasteiger partial charge in [-0.25, -0.2) is 0 Å². The van der Waals surface area contributed by atoms with Crippen LogP contribution in [0.1, 0.15) is 9.67 Å². The van der Waals surface area contributed by atoms with E-state index in [0.29, 0.717) is 21.3 Å². The smallest absolute Gasteiger partial charge is 0.267 e. The van der Waals surface area contributed by atoms with Gasteiger partial charge in [-0.2, -0.15) is 0 Å². The van der Waals surface area contributed by atoms with Crippen LogP contribution < -0.4 is 10.1 Å². The summed E-state index contributed by atoms with van der Waals surface area (Å²) in [6.45, 7) is 0. The summed E-state index contributed by atoms with van der Waals surface area (Å²) in [5.74, 6) is 0.485. The topological polar surface area (TPSA) is 38.3 Å². The Bertz CT molecular complexity index is 539. The van der Waals surface area contributed by atoms with Crippen molar-refractivity contribution in [3.8, 4) is 5.75 Å². The van der Waals surface area contributed by atoms with Crippen molar-refractivity contribution >= 4 is 34.5 Å². The van der Waals surface area contributed by atoms with Crippen LogP contribution in [-0.2, 0) is 0 Å². The highest BCUT2D eigenvalue weighted by Gasteiger charge is 2.11. The Balaban J connectivity index is 2.16. The summed E-state index contributed by atoms with van der Waals surface area (Å²) in [4.78, 5) is 12.4. The zero-order valence-corrected chi connectivity index (χ0v) is 10.6. The summed E-state index contributed by atoms with van der Waals surface area (Å²) in [6, 6.07) is 8.87. The SMILES string of the molecule is COc1cccc(NC(=O)c2sccc2Cl)c1. The van der Waals surface area contributed by atoms with Gasteiger partial charge in [0.25, 0.3) is 5.91 Å². The fourth-order valence-electron chi connectivity index (χ4n) is 1.34. The molecule has 0 bridgehead atoms. The molecule has 2 aromatic rings. The molecule has 1 N–H and O–H groups in total. The van der Waals surface area contributed by atoms with E-state index in [1.165, 1.54) is 11.3 Å². The van der Waals surface area contributed by atoms with Crippen molar-refractivity contribution < 1.29 is 9.53 Å². The number of halogens is 1. The highest BCUT2D eigenvalue weighted by atomic mass is 35.5. The Hall–Kier alpha value is -1.52. The molecule has 0 aliphatic heterocycles. The van der Waals surface area contributed by atoms with E-state index in [9.17, 15) is 4.79 Å². The monoisotopic (exact) mass is 267 g/mol. The number of anilines is 1. The first kappa shape index (κ1) is 12.0. The summed E-state index contributed by atoms with van der Waals surface area (Å²) in [5.41, 5.74) is 0.679. The molecule has 0 unspecified atom stereocenters. The van der Waals surface area contributed by atoms with Gasteiger partial charge in [-0.1, -0.05) is 17.7 Å². The van der Waals surface area contributed by atoms with Crippen LogP contribution in [0.3, 0.4) is 0 Å². The summed E-state index contributed by atoms with van der Waals surface area (Å²) in [6.07, 6.45) is 0. The van der Waals surface area contributed by atoms with E-state index in [0.717, 1.165) is 0 Å². The van der Waals surface area contributed by atoms with E-state index < -0.39 is 0 Å². The number of methoxy groups -OCH3 is 1. The van der Waals surface area contributed by atoms with Gasteiger partial charge in [0, 0.05) is 11.8 Å². The van der Waals surface area contributed by atoms with Gasteiger partial charge in [0.1, 0.15) is 10.6 Å². The van der Waals surface area contributed by atoms with Crippen LogP contribution >= 0.6 is 22.9 Å². The van der Waals surface area contributed by atoms with Crippen LogP contribution in [0, 0.1) is 0 Å². The summed E-state index contributed by atoms with van der Waals surface area (Å²) >= 11 is 7.20. The van der Waals surface area contributed by atoms with E-state index in [1.807, 2.05) is 12.1 Å². The van der Waals surface area contributed by atoms with Gasteiger partial charge in [-0.15, -0.1) is 11.3 Å². The Morgan fingerprint density at radius 3 is 2.88 bits per heavy atom. The van der Waals surface area contributed by atoms with Gasteiger partial charge < -0.3 is 10.1 Å². The molecule has 0 aliphatic rings. The standard InChI is InChI=1S/C12H10ClNO2S/c1-16-9-4-2-3-8(7-9)14-12(15)11-10(13)5-6-17-11/h2-7H,1H3,(H,14,15). The molecule has 0 spiro atoms. The second kappa shape index (κ2) is 5.21. The zero-order valence-electron chi connectivity index (χ0n) is 9.07. The van der Waals surface area contributed by atoms with Crippen LogP contribution in [0.25, 0.3) is 0 Å². The van der Waals surface area contributed by atoms with Gasteiger partial charge in [0.05, 0.1) is 12.1 Å². The van der Waals surface area contributed by atoms with Gasteiger partial charge in [0.15, 0.2) is 0 Å². The molecule has 1 aromatic heterocycles. The van der Waals surface area contributed by atoms with Crippen LogP contribution in [0.5, 0.6) is 5.75 Å². The molecular weight excluding hydrogens is 258 g/mol. The molecule has 1 heterocycles. The highest BCUT2D eigenvalue weighted by Crippen LogP contribution is 2.24. The summed E-state index contributed by atoms with van der Waals surface area (Å²) in [7, 11) is 1.58. The van der Waals surface area contributed by atoms with Crippen LogP contribution in [0.15, 0.2) is 35.7 Å². The fraction of sp³-hybridized carbons (Fsp3) is 0.0833. The van der Waals surface area contributed by atoms with Gasteiger partial charge in [-0.3, -0.25) is 4.79 Å². The second-order valence-electron chi connectivity index (χ2n) is 3.28. The highest BCUT2D eigenvalue weighted by molar-refractivity contribution is 7.12. The molecule has 1 aromatic carbocycles. The molecule has 0 aliphatic carbocycles. The second-order valence-corrected chi connectivity index (χ2v) is 4.61. The lowest BCUT2D eigenvalue weighted by molar-refractivity contribution is 0.103. The number of benzene rings is 1. The van der Waals surface area contributed by atoms with E-state index in [1.54, 1.807) is 30.7 Å². The predicted octanol–water partition coefficient (Wildman–Crippen LogP) is 3.66. The minimum atomic E-state index is -0.210. The van der Waals surface area contributed by atoms with Crippen molar-refractivity contribution in [2.24, 2.45) is 0 Å². The number of nitrogens with one attached hydrogen (secondary N) is 1. The fourth-order valence-corrected chi connectivity index (χ4v) is 2.38. The minimum Gasteiger partial charge on any atom is -0.497 e. The molecule has 0 fully saturated rings. The molecule has 3 nitrogen and oxygen atoms in total. The van der Waals surface area contributed by atoms with Crippen LogP contribution in [0.4, 0.5) is 5.69 Å². The van der Waals surface area contributed by atoms with Crippen molar-refractivity contribution in [1.29, 1.82) is 0 Å². The average Bonchev–Trinajstić information content (AvgIpc) is 2.76. The normalized spacial score (nSPS) is 10.0. The van der Waals surface area contributed by atoms with Crippen molar-refractivity contribution in [2.45, 2.75) is 0 Å².